The van der Waals surface area contributed by atoms with E-state index in [9.17, 15) is 14.4 Å². The highest BCUT2D eigenvalue weighted by Crippen LogP contribution is 2.34. The first kappa shape index (κ1) is 27.6. The molecule has 38 heavy (non-hydrogen) atoms. The van der Waals surface area contributed by atoms with Crippen molar-refractivity contribution in [3.63, 3.8) is 0 Å². The standard InChI is InChI=1S/C31H33BrN2O4/c32-26-7-4-8-27(20-26)34-31(38)28(24-15-13-23(14-16-24)22-5-2-1-3-6-22)19-21-9-11-25(12-10-21)30(37)33-18-17-29(35)36/h4,7-16,20,22,28H,1-3,5-6,17-19H2,(H,33,37)(H,34,38)(H,35,36). The van der Waals surface area contributed by atoms with E-state index in [2.05, 4.69) is 50.8 Å². The van der Waals surface area contributed by atoms with Crippen molar-refractivity contribution in [1.82, 2.24) is 5.32 Å². The lowest BCUT2D eigenvalue weighted by molar-refractivity contribution is -0.136. The van der Waals surface area contributed by atoms with Crippen LogP contribution >= 0.6 is 15.9 Å². The van der Waals surface area contributed by atoms with E-state index in [1.165, 1.54) is 37.7 Å². The Hall–Kier alpha value is -3.45. The van der Waals surface area contributed by atoms with Gasteiger partial charge in [-0.25, -0.2) is 0 Å². The molecule has 1 saturated carbocycles. The molecule has 1 atom stereocenters. The van der Waals surface area contributed by atoms with Gasteiger partial charge in [0, 0.05) is 22.3 Å². The fourth-order valence-electron chi connectivity index (χ4n) is 5.01. The second-order valence-electron chi connectivity index (χ2n) is 9.85. The maximum absolute atomic E-state index is 13.5. The Morgan fingerprint density at radius 2 is 1.63 bits per heavy atom. The number of carboxylic acid groups (broad SMARTS) is 1. The summed E-state index contributed by atoms with van der Waals surface area (Å²) in [6, 6.07) is 23.2. The molecule has 0 heterocycles. The Bertz CT molecular complexity index is 1250. The smallest absolute Gasteiger partial charge is 0.305 e. The minimum Gasteiger partial charge on any atom is -0.481 e. The minimum atomic E-state index is -0.959. The van der Waals surface area contributed by atoms with E-state index in [1.54, 1.807) is 12.1 Å². The maximum Gasteiger partial charge on any atom is 0.305 e. The Morgan fingerprint density at radius 1 is 0.921 bits per heavy atom. The van der Waals surface area contributed by atoms with Crippen LogP contribution in [-0.2, 0) is 16.0 Å². The molecule has 3 N–H and O–H groups in total. The van der Waals surface area contributed by atoms with Crippen molar-refractivity contribution in [3.05, 3.63) is 99.5 Å². The Morgan fingerprint density at radius 3 is 2.29 bits per heavy atom. The highest BCUT2D eigenvalue weighted by Gasteiger charge is 2.23. The molecule has 0 bridgehead atoms. The number of carboxylic acids is 1. The molecule has 0 saturated heterocycles. The lowest BCUT2D eigenvalue weighted by Gasteiger charge is -2.23. The van der Waals surface area contributed by atoms with Crippen molar-refractivity contribution in [1.29, 1.82) is 0 Å². The van der Waals surface area contributed by atoms with Gasteiger partial charge >= 0.3 is 5.97 Å². The fraction of sp³-hybridized carbons (Fsp3) is 0.323. The van der Waals surface area contributed by atoms with Crippen LogP contribution in [0, 0.1) is 0 Å². The van der Waals surface area contributed by atoms with Gasteiger partial charge in [0.1, 0.15) is 0 Å². The molecule has 1 aliphatic rings. The van der Waals surface area contributed by atoms with Crippen molar-refractivity contribution in [3.8, 4) is 0 Å². The number of anilines is 1. The quantitative estimate of drug-likeness (QED) is 0.251. The Balaban J connectivity index is 1.51. The first-order valence-electron chi connectivity index (χ1n) is 13.1. The number of amides is 2. The summed E-state index contributed by atoms with van der Waals surface area (Å²) in [5, 5.41) is 14.4. The van der Waals surface area contributed by atoms with Gasteiger partial charge in [-0.1, -0.05) is 77.7 Å². The number of hydrogen-bond donors (Lipinski definition) is 3. The zero-order valence-electron chi connectivity index (χ0n) is 21.3. The number of rotatable bonds is 10. The normalized spacial score (nSPS) is 14.4. The molecule has 198 valence electrons. The topological polar surface area (TPSA) is 95.5 Å². The van der Waals surface area contributed by atoms with Crippen molar-refractivity contribution in [2.24, 2.45) is 0 Å². The molecule has 0 aromatic heterocycles. The monoisotopic (exact) mass is 576 g/mol. The lowest BCUT2D eigenvalue weighted by Crippen LogP contribution is -2.26. The minimum absolute atomic E-state index is 0.0740. The lowest BCUT2D eigenvalue weighted by atomic mass is 9.83. The van der Waals surface area contributed by atoms with Gasteiger partial charge in [0.2, 0.25) is 5.91 Å². The number of benzene rings is 3. The van der Waals surface area contributed by atoms with Crippen molar-refractivity contribution in [2.45, 2.75) is 56.8 Å². The molecule has 0 aliphatic heterocycles. The van der Waals surface area contributed by atoms with Gasteiger partial charge in [0.05, 0.1) is 12.3 Å². The zero-order valence-corrected chi connectivity index (χ0v) is 22.9. The van der Waals surface area contributed by atoms with E-state index in [-0.39, 0.29) is 24.8 Å². The third kappa shape index (κ3) is 7.78. The van der Waals surface area contributed by atoms with Gasteiger partial charge in [-0.3, -0.25) is 14.4 Å². The molecule has 1 aliphatic carbocycles. The van der Waals surface area contributed by atoms with E-state index in [1.807, 2.05) is 36.4 Å². The SMILES string of the molecule is O=C(O)CCNC(=O)c1ccc(CC(C(=O)Nc2cccc(Br)c2)c2ccc(C3CCCCC3)cc2)cc1. The fourth-order valence-corrected chi connectivity index (χ4v) is 5.41. The number of nitrogens with one attached hydrogen (secondary N) is 2. The van der Waals surface area contributed by atoms with E-state index >= 15 is 0 Å². The molecular weight excluding hydrogens is 544 g/mol. The summed E-state index contributed by atoms with van der Waals surface area (Å²) in [5.74, 6) is -1.19. The highest BCUT2D eigenvalue weighted by atomic mass is 79.9. The highest BCUT2D eigenvalue weighted by molar-refractivity contribution is 9.10. The van der Waals surface area contributed by atoms with Crippen LogP contribution in [0.1, 0.15) is 77.4 Å². The average molecular weight is 578 g/mol. The third-order valence-electron chi connectivity index (χ3n) is 7.10. The molecule has 1 unspecified atom stereocenters. The van der Waals surface area contributed by atoms with Crippen LogP contribution in [0.5, 0.6) is 0 Å². The van der Waals surface area contributed by atoms with Crippen LogP contribution in [-0.4, -0.2) is 29.4 Å². The van der Waals surface area contributed by atoms with Gasteiger partial charge in [-0.15, -0.1) is 0 Å². The number of hydrogen-bond acceptors (Lipinski definition) is 3. The van der Waals surface area contributed by atoms with Crippen LogP contribution in [0.3, 0.4) is 0 Å². The summed E-state index contributed by atoms with van der Waals surface area (Å²) < 4.78 is 0.890. The summed E-state index contributed by atoms with van der Waals surface area (Å²) in [5.41, 5.74) is 4.40. The molecule has 2 amide bonds. The molecule has 0 radical (unpaired) electrons. The summed E-state index contributed by atoms with van der Waals surface area (Å²) in [6.45, 7) is 0.0740. The number of carbonyl (C=O) groups is 3. The van der Waals surface area contributed by atoms with Crippen molar-refractivity contribution in [2.75, 3.05) is 11.9 Å². The third-order valence-corrected chi connectivity index (χ3v) is 7.60. The molecule has 3 aromatic carbocycles. The van der Waals surface area contributed by atoms with Crippen LogP contribution in [0.4, 0.5) is 5.69 Å². The zero-order chi connectivity index (χ0) is 26.9. The maximum atomic E-state index is 13.5. The molecule has 0 spiro atoms. The van der Waals surface area contributed by atoms with E-state index in [4.69, 9.17) is 5.11 Å². The van der Waals surface area contributed by atoms with Gasteiger partial charge < -0.3 is 15.7 Å². The molecule has 3 aromatic rings. The van der Waals surface area contributed by atoms with Gasteiger partial charge in [0.25, 0.3) is 5.91 Å². The Labute approximate surface area is 232 Å². The molecule has 4 rings (SSSR count). The van der Waals surface area contributed by atoms with E-state index in [0.717, 1.165) is 21.3 Å². The molecule has 6 nitrogen and oxygen atoms in total. The van der Waals surface area contributed by atoms with Crippen LogP contribution < -0.4 is 10.6 Å². The summed E-state index contributed by atoms with van der Waals surface area (Å²) in [4.78, 5) is 36.5. The van der Waals surface area contributed by atoms with Crippen LogP contribution in [0.25, 0.3) is 0 Å². The van der Waals surface area contributed by atoms with Gasteiger partial charge in [0.15, 0.2) is 0 Å². The number of carbonyl (C=O) groups excluding carboxylic acids is 2. The first-order chi connectivity index (χ1) is 18.4. The second kappa shape index (κ2) is 13.4. The predicted octanol–water partition coefficient (Wildman–Crippen LogP) is 6.67. The largest absolute Gasteiger partial charge is 0.481 e. The summed E-state index contributed by atoms with van der Waals surface area (Å²) in [7, 11) is 0. The molecule has 7 heteroatoms. The van der Waals surface area contributed by atoms with Gasteiger partial charge in [-0.05, 0) is 72.2 Å². The van der Waals surface area contributed by atoms with E-state index in [0.29, 0.717) is 17.9 Å². The molecule has 1 fully saturated rings. The van der Waals surface area contributed by atoms with Crippen molar-refractivity contribution < 1.29 is 19.5 Å². The summed E-state index contributed by atoms with van der Waals surface area (Å²) in [6.07, 6.45) is 6.66. The molecular formula is C31H33BrN2O4. The number of halogens is 1. The predicted molar refractivity (Wildman–Crippen MR) is 153 cm³/mol. The van der Waals surface area contributed by atoms with Crippen LogP contribution in [0.2, 0.25) is 0 Å². The first-order valence-corrected chi connectivity index (χ1v) is 13.9. The van der Waals surface area contributed by atoms with E-state index < -0.39 is 11.9 Å². The van der Waals surface area contributed by atoms with Crippen molar-refractivity contribution >= 4 is 39.4 Å². The number of aliphatic carboxylic acids is 1. The second-order valence-corrected chi connectivity index (χ2v) is 10.8. The van der Waals surface area contributed by atoms with Crippen LogP contribution in [0.15, 0.2) is 77.3 Å². The van der Waals surface area contributed by atoms with Gasteiger partial charge in [-0.2, -0.15) is 0 Å². The average Bonchev–Trinajstić information content (AvgIpc) is 2.92. The Kier molecular flexibility index (Phi) is 9.71. The summed E-state index contributed by atoms with van der Waals surface area (Å²) >= 11 is 3.46.